The SMILES string of the molecule is CCC(NC[C@@H](C)O)c1ccc(F)cc1. The van der Waals surface area contributed by atoms with E-state index in [-0.39, 0.29) is 18.0 Å². The molecule has 1 rings (SSSR count). The molecule has 1 aromatic rings. The van der Waals surface area contributed by atoms with E-state index in [4.69, 9.17) is 5.11 Å². The molecule has 1 aromatic carbocycles. The van der Waals surface area contributed by atoms with Gasteiger partial charge in [-0.05, 0) is 31.0 Å². The molecule has 0 bridgehead atoms. The van der Waals surface area contributed by atoms with E-state index in [1.807, 2.05) is 0 Å². The minimum atomic E-state index is -0.362. The monoisotopic (exact) mass is 211 g/mol. The summed E-state index contributed by atoms with van der Waals surface area (Å²) >= 11 is 0. The van der Waals surface area contributed by atoms with Crippen LogP contribution in [0.4, 0.5) is 4.39 Å². The van der Waals surface area contributed by atoms with Crippen molar-refractivity contribution in [3.63, 3.8) is 0 Å². The molecule has 0 amide bonds. The summed E-state index contributed by atoms with van der Waals surface area (Å²) in [5.41, 5.74) is 1.06. The van der Waals surface area contributed by atoms with Crippen LogP contribution in [0.2, 0.25) is 0 Å². The van der Waals surface area contributed by atoms with Crippen LogP contribution in [-0.4, -0.2) is 17.8 Å². The molecule has 0 saturated heterocycles. The molecule has 1 unspecified atom stereocenters. The molecule has 0 heterocycles. The molecule has 0 aromatic heterocycles. The number of benzene rings is 1. The summed E-state index contributed by atoms with van der Waals surface area (Å²) in [5.74, 6) is -0.218. The third kappa shape index (κ3) is 3.98. The number of rotatable bonds is 5. The van der Waals surface area contributed by atoms with Gasteiger partial charge in [-0.25, -0.2) is 4.39 Å². The Hall–Kier alpha value is -0.930. The van der Waals surface area contributed by atoms with Gasteiger partial charge >= 0.3 is 0 Å². The third-order valence-electron chi connectivity index (χ3n) is 2.34. The molecule has 2 nitrogen and oxygen atoms in total. The van der Waals surface area contributed by atoms with Gasteiger partial charge in [0.05, 0.1) is 6.10 Å². The van der Waals surface area contributed by atoms with Crippen LogP contribution in [0.5, 0.6) is 0 Å². The lowest BCUT2D eigenvalue weighted by molar-refractivity contribution is 0.185. The number of hydrogen-bond acceptors (Lipinski definition) is 2. The van der Waals surface area contributed by atoms with Crippen LogP contribution in [0.25, 0.3) is 0 Å². The predicted molar refractivity (Wildman–Crippen MR) is 59.1 cm³/mol. The topological polar surface area (TPSA) is 32.3 Å². The van der Waals surface area contributed by atoms with Crippen LogP contribution in [-0.2, 0) is 0 Å². The van der Waals surface area contributed by atoms with E-state index >= 15 is 0 Å². The average molecular weight is 211 g/mol. The van der Waals surface area contributed by atoms with Crippen LogP contribution >= 0.6 is 0 Å². The zero-order valence-electron chi connectivity index (χ0n) is 9.20. The molecule has 2 atom stereocenters. The summed E-state index contributed by atoms with van der Waals surface area (Å²) in [6.07, 6.45) is 0.553. The van der Waals surface area contributed by atoms with E-state index in [0.29, 0.717) is 6.54 Å². The second-order valence-corrected chi connectivity index (χ2v) is 3.77. The minimum absolute atomic E-state index is 0.181. The maximum absolute atomic E-state index is 12.7. The first-order valence-corrected chi connectivity index (χ1v) is 5.30. The smallest absolute Gasteiger partial charge is 0.123 e. The number of halogens is 1. The number of aliphatic hydroxyl groups excluding tert-OH is 1. The van der Waals surface area contributed by atoms with Crippen molar-refractivity contribution < 1.29 is 9.50 Å². The van der Waals surface area contributed by atoms with Gasteiger partial charge in [-0.15, -0.1) is 0 Å². The zero-order chi connectivity index (χ0) is 11.3. The number of aliphatic hydroxyl groups is 1. The van der Waals surface area contributed by atoms with Crippen LogP contribution in [0, 0.1) is 5.82 Å². The van der Waals surface area contributed by atoms with Crippen molar-refractivity contribution in [1.29, 1.82) is 0 Å². The molecule has 84 valence electrons. The van der Waals surface area contributed by atoms with Gasteiger partial charge in [-0.1, -0.05) is 19.1 Å². The highest BCUT2D eigenvalue weighted by Crippen LogP contribution is 2.16. The Morgan fingerprint density at radius 2 is 1.93 bits per heavy atom. The highest BCUT2D eigenvalue weighted by molar-refractivity contribution is 5.19. The molecule has 3 heteroatoms. The van der Waals surface area contributed by atoms with Gasteiger partial charge in [0.1, 0.15) is 5.82 Å². The summed E-state index contributed by atoms with van der Waals surface area (Å²) in [7, 11) is 0. The Morgan fingerprint density at radius 1 is 1.33 bits per heavy atom. The first-order valence-electron chi connectivity index (χ1n) is 5.30. The molecule has 0 aliphatic rings. The van der Waals surface area contributed by atoms with Crippen LogP contribution < -0.4 is 5.32 Å². The number of nitrogens with one attached hydrogen (secondary N) is 1. The second-order valence-electron chi connectivity index (χ2n) is 3.77. The van der Waals surface area contributed by atoms with Crippen molar-refractivity contribution in [3.8, 4) is 0 Å². The minimum Gasteiger partial charge on any atom is -0.392 e. The van der Waals surface area contributed by atoms with Gasteiger partial charge in [0.15, 0.2) is 0 Å². The highest BCUT2D eigenvalue weighted by Gasteiger charge is 2.09. The largest absolute Gasteiger partial charge is 0.392 e. The average Bonchev–Trinajstić information content (AvgIpc) is 2.21. The molecule has 0 radical (unpaired) electrons. The van der Waals surface area contributed by atoms with Gasteiger partial charge in [0.2, 0.25) is 0 Å². The Balaban J connectivity index is 2.61. The van der Waals surface area contributed by atoms with Crippen LogP contribution in [0.15, 0.2) is 24.3 Å². The van der Waals surface area contributed by atoms with Crippen LogP contribution in [0.3, 0.4) is 0 Å². The molecule has 0 spiro atoms. The molecule has 0 aliphatic heterocycles. The lowest BCUT2D eigenvalue weighted by Gasteiger charge is -2.18. The molecule has 0 aliphatic carbocycles. The maximum atomic E-state index is 12.7. The van der Waals surface area contributed by atoms with Crippen molar-refractivity contribution in [2.75, 3.05) is 6.54 Å². The molecule has 2 N–H and O–H groups in total. The highest BCUT2D eigenvalue weighted by atomic mass is 19.1. The fourth-order valence-corrected chi connectivity index (χ4v) is 1.51. The normalized spacial score (nSPS) is 14.9. The fraction of sp³-hybridized carbons (Fsp3) is 0.500. The zero-order valence-corrected chi connectivity index (χ0v) is 9.20. The van der Waals surface area contributed by atoms with E-state index in [1.54, 1.807) is 19.1 Å². The summed E-state index contributed by atoms with van der Waals surface area (Å²) in [5, 5.41) is 12.4. The van der Waals surface area contributed by atoms with Gasteiger partial charge in [-0.2, -0.15) is 0 Å². The maximum Gasteiger partial charge on any atom is 0.123 e. The quantitative estimate of drug-likeness (QED) is 0.783. The van der Waals surface area contributed by atoms with E-state index in [0.717, 1.165) is 12.0 Å². The van der Waals surface area contributed by atoms with E-state index in [1.165, 1.54) is 12.1 Å². The van der Waals surface area contributed by atoms with E-state index in [9.17, 15) is 4.39 Å². The van der Waals surface area contributed by atoms with Crippen molar-refractivity contribution in [1.82, 2.24) is 5.32 Å². The standard InChI is InChI=1S/C12H18FNO/c1-3-12(14-8-9(2)15)10-4-6-11(13)7-5-10/h4-7,9,12,14-15H,3,8H2,1-2H3/t9-,12?/m1/s1. The Kier molecular flexibility index (Phi) is 4.72. The summed E-state index contributed by atoms with van der Waals surface area (Å²) in [6, 6.07) is 6.65. The number of hydrogen-bond donors (Lipinski definition) is 2. The molecule has 0 saturated carbocycles. The van der Waals surface area contributed by atoms with Gasteiger partial charge in [-0.3, -0.25) is 0 Å². The van der Waals surface area contributed by atoms with Crippen molar-refractivity contribution in [3.05, 3.63) is 35.6 Å². The van der Waals surface area contributed by atoms with Gasteiger partial charge in [0, 0.05) is 12.6 Å². The lowest BCUT2D eigenvalue weighted by Crippen LogP contribution is -2.28. The summed E-state index contributed by atoms with van der Waals surface area (Å²) in [4.78, 5) is 0. The molecular weight excluding hydrogens is 193 g/mol. The first-order chi connectivity index (χ1) is 7.13. The van der Waals surface area contributed by atoms with Crippen molar-refractivity contribution in [2.45, 2.75) is 32.4 Å². The Morgan fingerprint density at radius 3 is 2.40 bits per heavy atom. The Labute approximate surface area is 90.1 Å². The summed E-state index contributed by atoms with van der Waals surface area (Å²) in [6.45, 7) is 4.35. The van der Waals surface area contributed by atoms with Crippen molar-refractivity contribution in [2.24, 2.45) is 0 Å². The predicted octanol–water partition coefficient (Wildman–Crippen LogP) is 2.25. The first kappa shape index (κ1) is 12.1. The lowest BCUT2D eigenvalue weighted by atomic mass is 10.0. The second kappa shape index (κ2) is 5.83. The van der Waals surface area contributed by atoms with Gasteiger partial charge < -0.3 is 10.4 Å². The molecular formula is C12H18FNO. The van der Waals surface area contributed by atoms with Crippen LogP contribution in [0.1, 0.15) is 31.9 Å². The third-order valence-corrected chi connectivity index (χ3v) is 2.34. The van der Waals surface area contributed by atoms with Crippen molar-refractivity contribution >= 4 is 0 Å². The summed E-state index contributed by atoms with van der Waals surface area (Å²) < 4.78 is 12.7. The molecule has 0 fully saturated rings. The van der Waals surface area contributed by atoms with E-state index in [2.05, 4.69) is 12.2 Å². The fourth-order valence-electron chi connectivity index (χ4n) is 1.51. The Bertz CT molecular complexity index is 284. The molecule has 15 heavy (non-hydrogen) atoms. The van der Waals surface area contributed by atoms with Gasteiger partial charge in [0.25, 0.3) is 0 Å². The van der Waals surface area contributed by atoms with E-state index < -0.39 is 0 Å².